The summed E-state index contributed by atoms with van der Waals surface area (Å²) in [4.78, 5) is 13.6. The number of amides is 2. The monoisotopic (exact) mass is 214 g/mol. The Hall–Kier alpha value is -0.810. The Bertz CT molecular complexity index is 198. The third-order valence-electron chi connectivity index (χ3n) is 2.71. The molecule has 0 spiro atoms. The Morgan fingerprint density at radius 1 is 1.53 bits per heavy atom. The summed E-state index contributed by atoms with van der Waals surface area (Å²) >= 11 is 0. The SMILES string of the molecule is CN1CCC(CNC(=O)NCCCN)C1. The fourth-order valence-corrected chi connectivity index (χ4v) is 1.80. The van der Waals surface area contributed by atoms with E-state index in [-0.39, 0.29) is 6.03 Å². The van der Waals surface area contributed by atoms with Gasteiger partial charge in [-0.2, -0.15) is 0 Å². The molecule has 1 heterocycles. The lowest BCUT2D eigenvalue weighted by atomic mass is 10.1. The van der Waals surface area contributed by atoms with Crippen LogP contribution in [0.3, 0.4) is 0 Å². The summed E-state index contributed by atoms with van der Waals surface area (Å²) in [7, 11) is 2.11. The first kappa shape index (κ1) is 12.3. The van der Waals surface area contributed by atoms with E-state index in [1.54, 1.807) is 0 Å². The molecule has 0 radical (unpaired) electrons. The Kier molecular flexibility index (Phi) is 5.42. The Morgan fingerprint density at radius 2 is 2.33 bits per heavy atom. The first-order valence-corrected chi connectivity index (χ1v) is 5.62. The number of hydrogen-bond donors (Lipinski definition) is 3. The summed E-state index contributed by atoms with van der Waals surface area (Å²) in [5.41, 5.74) is 5.33. The van der Waals surface area contributed by atoms with Crippen molar-refractivity contribution in [3.8, 4) is 0 Å². The van der Waals surface area contributed by atoms with Gasteiger partial charge in [0.1, 0.15) is 0 Å². The van der Waals surface area contributed by atoms with Crippen LogP contribution in [0, 0.1) is 5.92 Å². The Balaban J connectivity index is 2.01. The van der Waals surface area contributed by atoms with Gasteiger partial charge in [-0.25, -0.2) is 4.79 Å². The minimum atomic E-state index is -0.0713. The molecule has 5 heteroatoms. The summed E-state index contributed by atoms with van der Waals surface area (Å²) in [6.45, 7) is 4.28. The topological polar surface area (TPSA) is 70.4 Å². The molecular weight excluding hydrogens is 192 g/mol. The van der Waals surface area contributed by atoms with Gasteiger partial charge in [-0.15, -0.1) is 0 Å². The summed E-state index contributed by atoms with van der Waals surface area (Å²) in [5, 5.41) is 5.66. The van der Waals surface area contributed by atoms with Crippen LogP contribution in [0.5, 0.6) is 0 Å². The van der Waals surface area contributed by atoms with Crippen molar-refractivity contribution >= 4 is 6.03 Å². The number of rotatable bonds is 5. The third-order valence-corrected chi connectivity index (χ3v) is 2.71. The van der Waals surface area contributed by atoms with E-state index in [0.29, 0.717) is 19.0 Å². The number of nitrogens with two attached hydrogens (primary N) is 1. The molecule has 1 rings (SSSR count). The van der Waals surface area contributed by atoms with Crippen LogP contribution >= 0.6 is 0 Å². The van der Waals surface area contributed by atoms with Crippen molar-refractivity contribution in [2.45, 2.75) is 12.8 Å². The molecule has 88 valence electrons. The number of likely N-dealkylation sites (tertiary alicyclic amines) is 1. The molecule has 1 saturated heterocycles. The van der Waals surface area contributed by atoms with Crippen LogP contribution in [0.4, 0.5) is 4.79 Å². The number of carbonyl (C=O) groups excluding carboxylic acids is 1. The van der Waals surface area contributed by atoms with Crippen molar-refractivity contribution in [1.29, 1.82) is 0 Å². The zero-order valence-corrected chi connectivity index (χ0v) is 9.46. The molecule has 4 N–H and O–H groups in total. The second-order valence-corrected chi connectivity index (χ2v) is 4.20. The fourth-order valence-electron chi connectivity index (χ4n) is 1.80. The Labute approximate surface area is 91.4 Å². The van der Waals surface area contributed by atoms with E-state index in [1.165, 1.54) is 6.42 Å². The maximum atomic E-state index is 11.3. The maximum Gasteiger partial charge on any atom is 0.314 e. The standard InChI is InChI=1S/C10H22N4O/c1-14-6-3-9(8-14)7-13-10(15)12-5-2-4-11/h9H,2-8,11H2,1H3,(H2,12,13,15). The van der Waals surface area contributed by atoms with E-state index in [1.807, 2.05) is 0 Å². The van der Waals surface area contributed by atoms with Crippen molar-refractivity contribution < 1.29 is 4.79 Å². The van der Waals surface area contributed by atoms with Crippen molar-refractivity contribution in [3.05, 3.63) is 0 Å². The third kappa shape index (κ3) is 4.99. The van der Waals surface area contributed by atoms with Gasteiger partial charge in [0.15, 0.2) is 0 Å². The van der Waals surface area contributed by atoms with Gasteiger partial charge in [-0.05, 0) is 38.9 Å². The quantitative estimate of drug-likeness (QED) is 0.545. The number of hydrogen-bond acceptors (Lipinski definition) is 3. The lowest BCUT2D eigenvalue weighted by molar-refractivity contribution is 0.239. The van der Waals surface area contributed by atoms with E-state index in [2.05, 4.69) is 22.6 Å². The van der Waals surface area contributed by atoms with Gasteiger partial charge < -0.3 is 21.3 Å². The normalized spacial score (nSPS) is 21.6. The summed E-state index contributed by atoms with van der Waals surface area (Å²) in [6.07, 6.45) is 2.01. The molecule has 0 aromatic rings. The van der Waals surface area contributed by atoms with Crippen LogP contribution in [0.2, 0.25) is 0 Å². The van der Waals surface area contributed by atoms with Crippen LogP contribution in [-0.2, 0) is 0 Å². The van der Waals surface area contributed by atoms with E-state index in [0.717, 1.165) is 26.1 Å². The van der Waals surface area contributed by atoms with Gasteiger partial charge in [0.2, 0.25) is 0 Å². The van der Waals surface area contributed by atoms with Gasteiger partial charge in [-0.1, -0.05) is 0 Å². The molecule has 0 saturated carbocycles. The van der Waals surface area contributed by atoms with Gasteiger partial charge in [0.05, 0.1) is 0 Å². The predicted molar refractivity (Wildman–Crippen MR) is 60.7 cm³/mol. The second kappa shape index (κ2) is 6.63. The maximum absolute atomic E-state index is 11.3. The molecular formula is C10H22N4O. The highest BCUT2D eigenvalue weighted by atomic mass is 16.2. The number of urea groups is 1. The molecule has 5 nitrogen and oxygen atoms in total. The van der Waals surface area contributed by atoms with E-state index < -0.39 is 0 Å². The van der Waals surface area contributed by atoms with Crippen LogP contribution in [-0.4, -0.2) is 50.7 Å². The fraction of sp³-hybridized carbons (Fsp3) is 0.900. The van der Waals surface area contributed by atoms with Gasteiger partial charge in [0, 0.05) is 19.6 Å². The first-order chi connectivity index (χ1) is 7.22. The zero-order chi connectivity index (χ0) is 11.1. The van der Waals surface area contributed by atoms with E-state index >= 15 is 0 Å². The van der Waals surface area contributed by atoms with E-state index in [4.69, 9.17) is 5.73 Å². The summed E-state index contributed by atoms with van der Waals surface area (Å²) < 4.78 is 0. The molecule has 1 unspecified atom stereocenters. The van der Waals surface area contributed by atoms with Gasteiger partial charge in [-0.3, -0.25) is 0 Å². The molecule has 0 bridgehead atoms. The number of nitrogens with zero attached hydrogens (tertiary/aromatic N) is 1. The zero-order valence-electron chi connectivity index (χ0n) is 9.46. The van der Waals surface area contributed by atoms with Crippen molar-refractivity contribution in [1.82, 2.24) is 15.5 Å². The molecule has 0 aliphatic carbocycles. The minimum absolute atomic E-state index is 0.0713. The average molecular weight is 214 g/mol. The molecule has 1 fully saturated rings. The highest BCUT2D eigenvalue weighted by Gasteiger charge is 2.19. The summed E-state index contributed by atoms with van der Waals surface area (Å²) in [6, 6.07) is -0.0713. The molecule has 1 atom stereocenters. The van der Waals surface area contributed by atoms with Gasteiger partial charge >= 0.3 is 6.03 Å². The van der Waals surface area contributed by atoms with Crippen LogP contribution in [0.15, 0.2) is 0 Å². The van der Waals surface area contributed by atoms with Crippen molar-refractivity contribution in [3.63, 3.8) is 0 Å². The second-order valence-electron chi connectivity index (χ2n) is 4.20. The molecule has 1 aliphatic rings. The molecule has 2 amide bonds. The van der Waals surface area contributed by atoms with Crippen molar-refractivity contribution in [2.24, 2.45) is 11.7 Å². The lowest BCUT2D eigenvalue weighted by Crippen LogP contribution is -2.39. The largest absolute Gasteiger partial charge is 0.338 e. The minimum Gasteiger partial charge on any atom is -0.338 e. The number of carbonyl (C=O) groups is 1. The number of nitrogens with one attached hydrogen (secondary N) is 2. The lowest BCUT2D eigenvalue weighted by Gasteiger charge is -2.12. The Morgan fingerprint density at radius 3 is 2.93 bits per heavy atom. The van der Waals surface area contributed by atoms with Crippen molar-refractivity contribution in [2.75, 3.05) is 39.8 Å². The molecule has 0 aromatic heterocycles. The van der Waals surface area contributed by atoms with Crippen LogP contribution in [0.1, 0.15) is 12.8 Å². The van der Waals surface area contributed by atoms with Gasteiger partial charge in [0.25, 0.3) is 0 Å². The first-order valence-electron chi connectivity index (χ1n) is 5.62. The highest BCUT2D eigenvalue weighted by Crippen LogP contribution is 2.12. The van der Waals surface area contributed by atoms with Crippen LogP contribution in [0.25, 0.3) is 0 Å². The van der Waals surface area contributed by atoms with Crippen LogP contribution < -0.4 is 16.4 Å². The summed E-state index contributed by atoms with van der Waals surface area (Å²) in [5.74, 6) is 0.607. The molecule has 1 aliphatic heterocycles. The smallest absolute Gasteiger partial charge is 0.314 e. The molecule has 15 heavy (non-hydrogen) atoms. The highest BCUT2D eigenvalue weighted by molar-refractivity contribution is 5.73. The molecule has 0 aromatic carbocycles. The average Bonchev–Trinajstić information content (AvgIpc) is 2.62. The van der Waals surface area contributed by atoms with E-state index in [9.17, 15) is 4.79 Å². The predicted octanol–water partition coefficient (Wildman–Crippen LogP) is -0.414.